The van der Waals surface area contributed by atoms with Crippen LogP contribution in [-0.4, -0.2) is 12.3 Å². The molecule has 1 aromatic carbocycles. The van der Waals surface area contributed by atoms with Crippen LogP contribution in [0, 0.1) is 0 Å². The van der Waals surface area contributed by atoms with E-state index < -0.39 is 12.3 Å². The Bertz CT molecular complexity index is 317. The fraction of sp³-hybridized carbons (Fsp3) is 0.125. The molecule has 2 nitrogen and oxygen atoms in total. The lowest BCUT2D eigenvalue weighted by molar-refractivity contribution is -0.126. The zero-order valence-electron chi connectivity index (χ0n) is 6.43. The van der Waals surface area contributed by atoms with Crippen molar-refractivity contribution in [1.82, 2.24) is 0 Å². The molecule has 1 amide bonds. The molecule has 0 atom stereocenters. The van der Waals surface area contributed by atoms with Crippen LogP contribution in [-0.2, 0) is 4.79 Å². The van der Waals surface area contributed by atoms with Crippen LogP contribution in [0.1, 0.15) is 0 Å². The largest absolute Gasteiger partial charge is 0.321 e. The molecule has 5 heteroatoms. The van der Waals surface area contributed by atoms with Crippen molar-refractivity contribution in [2.24, 2.45) is 0 Å². The van der Waals surface area contributed by atoms with Crippen molar-refractivity contribution in [2.45, 2.75) is 6.43 Å². The van der Waals surface area contributed by atoms with Crippen LogP contribution in [0.25, 0.3) is 0 Å². The minimum absolute atomic E-state index is 0.262. The van der Waals surface area contributed by atoms with Gasteiger partial charge in [0.05, 0.1) is 0 Å². The molecule has 0 spiro atoms. The molecule has 1 rings (SSSR count). The average Bonchev–Trinajstić information content (AvgIpc) is 2.04. The number of anilines is 1. The van der Waals surface area contributed by atoms with Gasteiger partial charge in [0, 0.05) is 10.7 Å². The Balaban J connectivity index is 2.69. The fourth-order valence-corrected chi connectivity index (χ4v) is 0.953. The van der Waals surface area contributed by atoms with Gasteiger partial charge < -0.3 is 5.32 Å². The predicted molar refractivity (Wildman–Crippen MR) is 46.1 cm³/mol. The molecule has 0 unspecified atom stereocenters. The van der Waals surface area contributed by atoms with Gasteiger partial charge in [-0.3, -0.25) is 4.79 Å². The Morgan fingerprint density at radius 1 is 1.46 bits per heavy atom. The van der Waals surface area contributed by atoms with E-state index in [1.807, 2.05) is 5.32 Å². The number of alkyl halides is 2. The summed E-state index contributed by atoms with van der Waals surface area (Å²) in [6, 6.07) is 6.01. The van der Waals surface area contributed by atoms with E-state index in [1.54, 1.807) is 12.1 Å². The topological polar surface area (TPSA) is 29.1 Å². The Morgan fingerprint density at radius 3 is 2.69 bits per heavy atom. The predicted octanol–water partition coefficient (Wildman–Crippen LogP) is 2.54. The quantitative estimate of drug-likeness (QED) is 0.790. The summed E-state index contributed by atoms with van der Waals surface area (Å²) >= 11 is 5.57. The first-order valence-corrected chi connectivity index (χ1v) is 3.82. The van der Waals surface area contributed by atoms with Crippen LogP contribution in [0.3, 0.4) is 0 Å². The van der Waals surface area contributed by atoms with Crippen LogP contribution >= 0.6 is 11.6 Å². The second-order valence-corrected chi connectivity index (χ2v) is 2.74. The van der Waals surface area contributed by atoms with Gasteiger partial charge in [0.2, 0.25) is 0 Å². The van der Waals surface area contributed by atoms with Gasteiger partial charge in [-0.25, -0.2) is 0 Å². The Kier molecular flexibility index (Phi) is 3.19. The molecule has 0 radical (unpaired) electrons. The van der Waals surface area contributed by atoms with Gasteiger partial charge in [0.15, 0.2) is 0 Å². The number of carbonyl (C=O) groups excluding carboxylic acids is 1. The number of halogens is 3. The van der Waals surface area contributed by atoms with E-state index in [9.17, 15) is 13.6 Å². The van der Waals surface area contributed by atoms with Crippen molar-refractivity contribution < 1.29 is 13.6 Å². The molecule has 1 N–H and O–H groups in total. The van der Waals surface area contributed by atoms with Crippen molar-refractivity contribution in [3.63, 3.8) is 0 Å². The third-order valence-electron chi connectivity index (χ3n) is 1.29. The third-order valence-corrected chi connectivity index (χ3v) is 1.53. The van der Waals surface area contributed by atoms with Crippen molar-refractivity contribution in [1.29, 1.82) is 0 Å². The summed E-state index contributed by atoms with van der Waals surface area (Å²) in [6.07, 6.45) is -3.01. The summed E-state index contributed by atoms with van der Waals surface area (Å²) in [5.74, 6) is -1.33. The third kappa shape index (κ3) is 2.99. The van der Waals surface area contributed by atoms with Crippen LogP contribution < -0.4 is 5.32 Å². The number of hydrogen-bond donors (Lipinski definition) is 1. The highest BCUT2D eigenvalue weighted by molar-refractivity contribution is 6.30. The van der Waals surface area contributed by atoms with E-state index in [-0.39, 0.29) is 5.69 Å². The summed E-state index contributed by atoms with van der Waals surface area (Å²) in [4.78, 5) is 10.5. The van der Waals surface area contributed by atoms with E-state index in [4.69, 9.17) is 11.6 Å². The number of benzene rings is 1. The van der Waals surface area contributed by atoms with Crippen molar-refractivity contribution in [3.05, 3.63) is 29.3 Å². The number of rotatable bonds is 2. The molecule has 0 fully saturated rings. The second-order valence-electron chi connectivity index (χ2n) is 2.30. The second kappa shape index (κ2) is 4.18. The number of hydrogen-bond acceptors (Lipinski definition) is 1. The maximum absolute atomic E-state index is 11.8. The maximum Gasteiger partial charge on any atom is 0.315 e. The van der Waals surface area contributed by atoms with Crippen LogP contribution in [0.15, 0.2) is 24.3 Å². The van der Waals surface area contributed by atoms with Gasteiger partial charge in [-0.15, -0.1) is 0 Å². The summed E-state index contributed by atoms with van der Waals surface area (Å²) in [5, 5.41) is 2.39. The highest BCUT2D eigenvalue weighted by Gasteiger charge is 2.14. The normalized spacial score (nSPS) is 10.2. The highest BCUT2D eigenvalue weighted by Crippen LogP contribution is 2.15. The zero-order chi connectivity index (χ0) is 9.84. The Labute approximate surface area is 78.5 Å². The summed E-state index contributed by atoms with van der Waals surface area (Å²) < 4.78 is 23.5. The molecule has 0 saturated carbocycles. The highest BCUT2D eigenvalue weighted by atomic mass is 35.5. The van der Waals surface area contributed by atoms with E-state index in [0.29, 0.717) is 5.02 Å². The molecule has 0 aromatic heterocycles. The summed E-state index contributed by atoms with van der Waals surface area (Å²) in [5.41, 5.74) is 0.262. The SMILES string of the molecule is O=C(Nc1cccc(Cl)c1)C(F)F. The van der Waals surface area contributed by atoms with Crippen molar-refractivity contribution in [2.75, 3.05) is 5.32 Å². The lowest BCUT2D eigenvalue weighted by Gasteiger charge is -2.03. The number of carbonyl (C=O) groups is 1. The first-order valence-electron chi connectivity index (χ1n) is 3.44. The van der Waals surface area contributed by atoms with Crippen LogP contribution in [0.5, 0.6) is 0 Å². The van der Waals surface area contributed by atoms with E-state index in [2.05, 4.69) is 0 Å². The van der Waals surface area contributed by atoms with Crippen molar-refractivity contribution in [3.8, 4) is 0 Å². The minimum atomic E-state index is -3.01. The molecule has 0 heterocycles. The van der Waals surface area contributed by atoms with Gasteiger partial charge in [0.25, 0.3) is 5.91 Å². The van der Waals surface area contributed by atoms with Gasteiger partial charge in [0.1, 0.15) is 0 Å². The molecule has 70 valence electrons. The molecular weight excluding hydrogens is 200 g/mol. The van der Waals surface area contributed by atoms with Crippen LogP contribution in [0.2, 0.25) is 5.02 Å². The van der Waals surface area contributed by atoms with Crippen molar-refractivity contribution >= 4 is 23.2 Å². The summed E-state index contributed by atoms with van der Waals surface area (Å²) in [6.45, 7) is 0. The molecule has 0 aliphatic heterocycles. The van der Waals surface area contributed by atoms with Crippen LogP contribution in [0.4, 0.5) is 14.5 Å². The number of amides is 1. The van der Waals surface area contributed by atoms with Gasteiger partial charge >= 0.3 is 6.43 Å². The Hall–Kier alpha value is -1.16. The first kappa shape index (κ1) is 9.92. The van der Waals surface area contributed by atoms with E-state index in [0.717, 1.165) is 0 Å². The molecule has 0 aliphatic rings. The smallest absolute Gasteiger partial charge is 0.315 e. The molecule has 13 heavy (non-hydrogen) atoms. The molecule has 1 aromatic rings. The minimum Gasteiger partial charge on any atom is -0.321 e. The Morgan fingerprint density at radius 2 is 2.15 bits per heavy atom. The zero-order valence-corrected chi connectivity index (χ0v) is 7.18. The fourth-order valence-electron chi connectivity index (χ4n) is 0.763. The molecular formula is C8H6ClF2NO. The number of nitrogens with one attached hydrogen (secondary N) is 1. The first-order chi connectivity index (χ1) is 6.09. The van der Waals surface area contributed by atoms with Gasteiger partial charge in [-0.05, 0) is 18.2 Å². The molecule has 0 aliphatic carbocycles. The summed E-state index contributed by atoms with van der Waals surface area (Å²) in [7, 11) is 0. The van der Waals surface area contributed by atoms with Gasteiger partial charge in [-0.2, -0.15) is 8.78 Å². The standard InChI is InChI=1S/C8H6ClF2NO/c9-5-2-1-3-6(4-5)12-8(13)7(10)11/h1-4,7H,(H,12,13). The lowest BCUT2D eigenvalue weighted by Crippen LogP contribution is -2.19. The molecule has 0 saturated heterocycles. The monoisotopic (exact) mass is 205 g/mol. The maximum atomic E-state index is 11.8. The van der Waals surface area contributed by atoms with Gasteiger partial charge in [-0.1, -0.05) is 17.7 Å². The molecule has 0 bridgehead atoms. The van der Waals surface area contributed by atoms with E-state index >= 15 is 0 Å². The average molecular weight is 206 g/mol. The van der Waals surface area contributed by atoms with E-state index in [1.165, 1.54) is 12.1 Å². The lowest BCUT2D eigenvalue weighted by atomic mass is 10.3.